The molecular weight excluding hydrogens is 484 g/mol. The van der Waals surface area contributed by atoms with Crippen LogP contribution >= 0.6 is 0 Å². The van der Waals surface area contributed by atoms with E-state index in [0.717, 1.165) is 22.3 Å². The molecule has 2 aromatic heterocycles. The Morgan fingerprint density at radius 1 is 0.350 bits per heavy atom. The Kier molecular flexibility index (Phi) is 5.94. The Morgan fingerprint density at radius 3 is 1.32 bits per heavy atom. The second kappa shape index (κ2) is 9.91. The number of pyridine rings is 2. The average Bonchev–Trinajstić information content (AvgIpc) is 3.00. The van der Waals surface area contributed by atoms with Crippen molar-refractivity contribution in [3.8, 4) is 44.5 Å². The van der Waals surface area contributed by atoms with Gasteiger partial charge in [0.15, 0.2) is 0 Å². The van der Waals surface area contributed by atoms with Crippen molar-refractivity contribution in [2.75, 3.05) is 0 Å². The molecule has 0 spiro atoms. The first-order valence-corrected chi connectivity index (χ1v) is 13.6. The van der Waals surface area contributed by atoms with Gasteiger partial charge < -0.3 is 0 Å². The Hall–Kier alpha value is -5.08. The van der Waals surface area contributed by atoms with Crippen LogP contribution in [0.5, 0.6) is 0 Å². The van der Waals surface area contributed by atoms with E-state index in [1.54, 1.807) is 0 Å². The number of nitrogens with zero attached hydrogens (tertiary/aromatic N) is 2. The van der Waals surface area contributed by atoms with Gasteiger partial charge in [-0.2, -0.15) is 0 Å². The van der Waals surface area contributed by atoms with Crippen molar-refractivity contribution in [3.63, 3.8) is 0 Å². The van der Waals surface area contributed by atoms with Crippen LogP contribution in [0.2, 0.25) is 0 Å². The zero-order valence-corrected chi connectivity index (χ0v) is 22.6. The number of hydrogen-bond donors (Lipinski definition) is 0. The van der Waals surface area contributed by atoms with E-state index in [1.807, 2.05) is 24.8 Å². The minimum absolute atomic E-state index is 1.14. The van der Waals surface area contributed by atoms with Crippen LogP contribution in [0.15, 0.2) is 134 Å². The standard InChI is InChI=1S/C38H28N2/c1-25-18-31(23-39-21-25)27-14-16-28(17-15-27)37-33-10-3-5-12-35(33)38(36-13-6-4-11-34(36)37)30-9-7-8-29(20-30)32-19-26(2)22-40-24-32/h3-24H,1-2H3. The Balaban J connectivity index is 1.45. The quantitative estimate of drug-likeness (QED) is 0.219. The maximum Gasteiger partial charge on any atom is 0.0346 e. The highest BCUT2D eigenvalue weighted by Crippen LogP contribution is 2.44. The first kappa shape index (κ1) is 24.0. The van der Waals surface area contributed by atoms with Crippen LogP contribution < -0.4 is 0 Å². The normalized spacial score (nSPS) is 11.2. The van der Waals surface area contributed by atoms with Gasteiger partial charge in [0, 0.05) is 35.9 Å². The SMILES string of the molecule is Cc1cncc(-c2ccc(-c3c4ccccc4c(-c4cccc(-c5cncc(C)c5)c4)c4ccccc34)cc2)c1. The number of rotatable bonds is 4. The molecule has 5 aromatic carbocycles. The van der Waals surface area contributed by atoms with Gasteiger partial charge in [0.05, 0.1) is 0 Å². The highest BCUT2D eigenvalue weighted by atomic mass is 14.6. The molecule has 0 N–H and O–H groups in total. The van der Waals surface area contributed by atoms with Gasteiger partial charge >= 0.3 is 0 Å². The molecular formula is C38H28N2. The van der Waals surface area contributed by atoms with E-state index in [2.05, 4.69) is 133 Å². The van der Waals surface area contributed by atoms with Gasteiger partial charge in [0.2, 0.25) is 0 Å². The lowest BCUT2D eigenvalue weighted by molar-refractivity contribution is 1.27. The zero-order valence-electron chi connectivity index (χ0n) is 22.6. The second-order valence-corrected chi connectivity index (χ2v) is 10.5. The van der Waals surface area contributed by atoms with Gasteiger partial charge in [-0.1, -0.05) is 91.0 Å². The summed E-state index contributed by atoms with van der Waals surface area (Å²) in [7, 11) is 0. The summed E-state index contributed by atoms with van der Waals surface area (Å²) >= 11 is 0. The predicted molar refractivity (Wildman–Crippen MR) is 168 cm³/mol. The lowest BCUT2D eigenvalue weighted by atomic mass is 9.85. The van der Waals surface area contributed by atoms with E-state index in [1.165, 1.54) is 54.9 Å². The van der Waals surface area contributed by atoms with Crippen LogP contribution in [0, 0.1) is 13.8 Å². The third-order valence-electron chi connectivity index (χ3n) is 7.67. The molecule has 2 nitrogen and oxygen atoms in total. The summed E-state index contributed by atoms with van der Waals surface area (Å²) in [4.78, 5) is 8.82. The Labute approximate surface area is 234 Å². The Morgan fingerprint density at radius 2 is 0.800 bits per heavy atom. The summed E-state index contributed by atoms with van der Waals surface area (Å²) in [5.74, 6) is 0. The van der Waals surface area contributed by atoms with Crippen molar-refractivity contribution in [1.29, 1.82) is 0 Å². The van der Waals surface area contributed by atoms with Gasteiger partial charge in [0.25, 0.3) is 0 Å². The van der Waals surface area contributed by atoms with Gasteiger partial charge in [-0.25, -0.2) is 0 Å². The van der Waals surface area contributed by atoms with Crippen LogP contribution in [0.3, 0.4) is 0 Å². The predicted octanol–water partition coefficient (Wildman–Crippen LogP) is 10.1. The van der Waals surface area contributed by atoms with Crippen molar-refractivity contribution < 1.29 is 0 Å². The van der Waals surface area contributed by atoms with Gasteiger partial charge in [0.1, 0.15) is 0 Å². The van der Waals surface area contributed by atoms with E-state index in [0.29, 0.717) is 0 Å². The lowest BCUT2D eigenvalue weighted by Crippen LogP contribution is -1.91. The lowest BCUT2D eigenvalue weighted by Gasteiger charge is -2.18. The van der Waals surface area contributed by atoms with E-state index in [9.17, 15) is 0 Å². The van der Waals surface area contributed by atoms with Crippen LogP contribution in [0.4, 0.5) is 0 Å². The molecule has 0 bridgehead atoms. The van der Waals surface area contributed by atoms with Crippen molar-refractivity contribution in [3.05, 3.63) is 145 Å². The minimum atomic E-state index is 1.14. The molecule has 0 saturated heterocycles. The molecule has 2 heteroatoms. The monoisotopic (exact) mass is 512 g/mol. The Bertz CT molecular complexity index is 1960. The minimum Gasteiger partial charge on any atom is -0.264 e. The van der Waals surface area contributed by atoms with Gasteiger partial charge in [-0.15, -0.1) is 0 Å². The molecule has 0 amide bonds. The van der Waals surface area contributed by atoms with Gasteiger partial charge in [-0.05, 0) is 98.1 Å². The molecule has 2 heterocycles. The molecule has 7 aromatic rings. The summed E-state index contributed by atoms with van der Waals surface area (Å²) in [5.41, 5.74) is 11.9. The fourth-order valence-electron chi connectivity index (χ4n) is 5.86. The topological polar surface area (TPSA) is 25.8 Å². The van der Waals surface area contributed by atoms with E-state index in [4.69, 9.17) is 0 Å². The highest BCUT2D eigenvalue weighted by Gasteiger charge is 2.17. The molecule has 0 unspecified atom stereocenters. The van der Waals surface area contributed by atoms with Crippen molar-refractivity contribution in [1.82, 2.24) is 9.97 Å². The summed E-state index contributed by atoms with van der Waals surface area (Å²) in [6, 6.07) is 39.8. The van der Waals surface area contributed by atoms with Crippen LogP contribution in [-0.4, -0.2) is 9.97 Å². The molecule has 7 rings (SSSR count). The third kappa shape index (κ3) is 4.24. The number of aryl methyl sites for hydroxylation is 2. The summed E-state index contributed by atoms with van der Waals surface area (Å²) in [6.45, 7) is 4.17. The maximum atomic E-state index is 4.43. The van der Waals surface area contributed by atoms with Crippen molar-refractivity contribution >= 4 is 21.5 Å². The molecule has 0 fully saturated rings. The highest BCUT2D eigenvalue weighted by molar-refractivity contribution is 6.21. The molecule has 0 saturated carbocycles. The number of aromatic nitrogens is 2. The first-order valence-electron chi connectivity index (χ1n) is 13.6. The maximum absolute atomic E-state index is 4.43. The summed E-state index contributed by atoms with van der Waals surface area (Å²) in [5, 5.41) is 5.01. The van der Waals surface area contributed by atoms with E-state index in [-0.39, 0.29) is 0 Å². The molecule has 0 aliphatic rings. The summed E-state index contributed by atoms with van der Waals surface area (Å²) in [6.07, 6.45) is 7.67. The zero-order chi connectivity index (χ0) is 27.1. The van der Waals surface area contributed by atoms with Crippen LogP contribution in [0.1, 0.15) is 11.1 Å². The molecule has 0 atom stereocenters. The van der Waals surface area contributed by atoms with Crippen LogP contribution in [0.25, 0.3) is 66.1 Å². The number of fused-ring (bicyclic) bond motifs is 2. The molecule has 0 aliphatic heterocycles. The fourth-order valence-corrected chi connectivity index (χ4v) is 5.86. The van der Waals surface area contributed by atoms with Crippen molar-refractivity contribution in [2.45, 2.75) is 13.8 Å². The van der Waals surface area contributed by atoms with Gasteiger partial charge in [-0.3, -0.25) is 9.97 Å². The van der Waals surface area contributed by atoms with Crippen molar-refractivity contribution in [2.24, 2.45) is 0 Å². The van der Waals surface area contributed by atoms with E-state index < -0.39 is 0 Å². The third-order valence-corrected chi connectivity index (χ3v) is 7.67. The molecule has 0 aliphatic carbocycles. The molecule has 0 radical (unpaired) electrons. The smallest absolute Gasteiger partial charge is 0.0346 e. The molecule has 190 valence electrons. The number of hydrogen-bond acceptors (Lipinski definition) is 2. The van der Waals surface area contributed by atoms with Crippen LogP contribution in [-0.2, 0) is 0 Å². The van der Waals surface area contributed by atoms with E-state index >= 15 is 0 Å². The fraction of sp³-hybridized carbons (Fsp3) is 0.0526. The number of benzene rings is 5. The first-order chi connectivity index (χ1) is 19.7. The molecule has 40 heavy (non-hydrogen) atoms. The summed E-state index contributed by atoms with van der Waals surface area (Å²) < 4.78 is 0. The largest absolute Gasteiger partial charge is 0.264 e. The second-order valence-electron chi connectivity index (χ2n) is 10.5. The average molecular weight is 513 g/mol.